The van der Waals surface area contributed by atoms with Crippen molar-refractivity contribution in [1.82, 2.24) is 0 Å². The molecule has 0 radical (unpaired) electrons. The summed E-state index contributed by atoms with van der Waals surface area (Å²) < 4.78 is 4.97. The zero-order chi connectivity index (χ0) is 9.84. The third kappa shape index (κ3) is 2.50. The van der Waals surface area contributed by atoms with Crippen LogP contribution < -0.4 is 0 Å². The van der Waals surface area contributed by atoms with Gasteiger partial charge in [-0.25, -0.2) is 0 Å². The number of hydrogen-bond acceptors (Lipinski definition) is 3. The summed E-state index contributed by atoms with van der Waals surface area (Å²) >= 11 is 3.22. The molecule has 0 heterocycles. The first-order valence-corrected chi connectivity index (χ1v) is 4.48. The molecule has 4 nitrogen and oxygen atoms in total. The number of nitrogens with zero attached hydrogens (tertiary/aromatic N) is 1. The Bertz CT molecular complexity index is 316. The van der Waals surface area contributed by atoms with E-state index in [4.69, 9.17) is 4.74 Å². The molecule has 0 fully saturated rings. The van der Waals surface area contributed by atoms with E-state index in [0.29, 0.717) is 0 Å². The highest BCUT2D eigenvalue weighted by atomic mass is 79.9. The molecule has 1 atom stereocenters. The van der Waals surface area contributed by atoms with Crippen molar-refractivity contribution in [2.45, 2.75) is 5.01 Å². The number of ether oxygens (including phenoxy) is 1. The van der Waals surface area contributed by atoms with Gasteiger partial charge >= 0.3 is 0 Å². The standard InChI is InChI=1S/C8H8BrNO3/c1-13-8(9)6-3-2-4-7(5-6)10(11)12/h2-5,8H,1H3. The number of hydrogen-bond donors (Lipinski definition) is 0. The van der Waals surface area contributed by atoms with Crippen molar-refractivity contribution in [3.8, 4) is 0 Å². The third-order valence-electron chi connectivity index (χ3n) is 1.55. The van der Waals surface area contributed by atoms with Gasteiger partial charge in [0.2, 0.25) is 0 Å². The number of halogens is 1. The summed E-state index contributed by atoms with van der Waals surface area (Å²) in [6.45, 7) is 0. The number of nitro benzene ring substituents is 1. The number of non-ortho nitro benzene ring substituents is 1. The molecule has 0 bridgehead atoms. The molecule has 0 spiro atoms. The molecule has 5 heteroatoms. The lowest BCUT2D eigenvalue weighted by Crippen LogP contribution is -1.94. The molecule has 1 aromatic rings. The highest BCUT2D eigenvalue weighted by Crippen LogP contribution is 2.25. The van der Waals surface area contributed by atoms with Crippen LogP contribution in [0.5, 0.6) is 0 Å². The van der Waals surface area contributed by atoms with Crippen molar-refractivity contribution in [3.63, 3.8) is 0 Å². The molecular weight excluding hydrogens is 238 g/mol. The van der Waals surface area contributed by atoms with Crippen LogP contribution in [0.4, 0.5) is 5.69 Å². The Morgan fingerprint density at radius 1 is 1.62 bits per heavy atom. The summed E-state index contributed by atoms with van der Waals surface area (Å²) in [5, 5.41) is 10.1. The highest BCUT2D eigenvalue weighted by molar-refractivity contribution is 9.09. The molecule has 0 saturated carbocycles. The molecule has 0 aliphatic heterocycles. The van der Waals surface area contributed by atoms with E-state index in [0.717, 1.165) is 5.56 Å². The van der Waals surface area contributed by atoms with Crippen molar-refractivity contribution < 1.29 is 9.66 Å². The van der Waals surface area contributed by atoms with E-state index in [1.807, 2.05) is 0 Å². The number of methoxy groups -OCH3 is 1. The molecule has 13 heavy (non-hydrogen) atoms. The maximum atomic E-state index is 10.4. The predicted molar refractivity (Wildman–Crippen MR) is 51.8 cm³/mol. The summed E-state index contributed by atoms with van der Waals surface area (Å²) in [6, 6.07) is 6.30. The lowest BCUT2D eigenvalue weighted by molar-refractivity contribution is -0.384. The lowest BCUT2D eigenvalue weighted by Gasteiger charge is -2.06. The minimum atomic E-state index is -0.432. The quantitative estimate of drug-likeness (QED) is 0.468. The van der Waals surface area contributed by atoms with E-state index in [-0.39, 0.29) is 10.7 Å². The lowest BCUT2D eigenvalue weighted by atomic mass is 10.2. The van der Waals surface area contributed by atoms with Crippen LogP contribution in [0, 0.1) is 10.1 Å². The zero-order valence-corrected chi connectivity index (χ0v) is 8.52. The molecule has 70 valence electrons. The summed E-state index contributed by atoms with van der Waals surface area (Å²) in [7, 11) is 1.53. The van der Waals surface area contributed by atoms with Gasteiger partial charge in [0.15, 0.2) is 0 Å². The molecule has 1 aromatic carbocycles. The van der Waals surface area contributed by atoms with E-state index in [1.165, 1.54) is 19.2 Å². The summed E-state index contributed by atoms with van der Waals surface area (Å²) in [6.07, 6.45) is 0. The fourth-order valence-electron chi connectivity index (χ4n) is 0.916. The molecule has 1 rings (SSSR count). The van der Waals surface area contributed by atoms with E-state index in [2.05, 4.69) is 15.9 Å². The van der Waals surface area contributed by atoms with Crippen molar-refractivity contribution in [1.29, 1.82) is 0 Å². The van der Waals surface area contributed by atoms with Crippen LogP contribution in [0.2, 0.25) is 0 Å². The van der Waals surface area contributed by atoms with Gasteiger partial charge in [-0.3, -0.25) is 10.1 Å². The van der Waals surface area contributed by atoms with Gasteiger partial charge in [-0.2, -0.15) is 0 Å². The van der Waals surface area contributed by atoms with Crippen LogP contribution in [0.25, 0.3) is 0 Å². The average molecular weight is 246 g/mol. The second-order valence-electron chi connectivity index (χ2n) is 2.40. The van der Waals surface area contributed by atoms with E-state index in [1.54, 1.807) is 12.1 Å². The minimum Gasteiger partial charge on any atom is -0.365 e. The number of rotatable bonds is 3. The van der Waals surface area contributed by atoms with E-state index < -0.39 is 4.92 Å². The fraction of sp³-hybridized carbons (Fsp3) is 0.250. The normalized spacial score (nSPS) is 12.5. The van der Waals surface area contributed by atoms with Gasteiger partial charge in [0.25, 0.3) is 5.69 Å². The Balaban J connectivity index is 2.98. The Morgan fingerprint density at radius 2 is 2.31 bits per heavy atom. The maximum absolute atomic E-state index is 10.4. The summed E-state index contributed by atoms with van der Waals surface area (Å²) in [4.78, 5) is 9.98. The summed E-state index contributed by atoms with van der Waals surface area (Å²) in [5.41, 5.74) is 0.802. The van der Waals surface area contributed by atoms with Crippen LogP contribution >= 0.6 is 15.9 Å². The monoisotopic (exact) mass is 245 g/mol. The Morgan fingerprint density at radius 3 is 2.85 bits per heavy atom. The number of benzene rings is 1. The minimum absolute atomic E-state index is 0.0685. The second-order valence-corrected chi connectivity index (χ2v) is 3.24. The summed E-state index contributed by atoms with van der Waals surface area (Å²) in [5.74, 6) is 0. The topological polar surface area (TPSA) is 52.4 Å². The fourth-order valence-corrected chi connectivity index (χ4v) is 1.20. The van der Waals surface area contributed by atoms with Gasteiger partial charge in [0.1, 0.15) is 5.01 Å². The van der Waals surface area contributed by atoms with Gasteiger partial charge in [0, 0.05) is 19.2 Å². The largest absolute Gasteiger partial charge is 0.365 e. The van der Waals surface area contributed by atoms with Gasteiger partial charge in [0.05, 0.1) is 4.92 Å². The average Bonchev–Trinajstić information content (AvgIpc) is 2.17. The molecule has 0 amide bonds. The van der Waals surface area contributed by atoms with Crippen molar-refractivity contribution in [3.05, 3.63) is 39.9 Å². The van der Waals surface area contributed by atoms with E-state index >= 15 is 0 Å². The van der Waals surface area contributed by atoms with Gasteiger partial charge in [-0.1, -0.05) is 28.1 Å². The van der Waals surface area contributed by atoms with Crippen molar-refractivity contribution in [2.75, 3.05) is 7.11 Å². The smallest absolute Gasteiger partial charge is 0.269 e. The molecular formula is C8H8BrNO3. The molecule has 0 N–H and O–H groups in total. The van der Waals surface area contributed by atoms with Crippen LogP contribution in [0.1, 0.15) is 10.6 Å². The predicted octanol–water partition coefficient (Wildman–Crippen LogP) is 2.63. The van der Waals surface area contributed by atoms with Gasteiger partial charge < -0.3 is 4.74 Å². The van der Waals surface area contributed by atoms with Crippen LogP contribution in [-0.2, 0) is 4.74 Å². The molecule has 0 aliphatic rings. The van der Waals surface area contributed by atoms with E-state index in [9.17, 15) is 10.1 Å². The van der Waals surface area contributed by atoms with Crippen molar-refractivity contribution >= 4 is 21.6 Å². The van der Waals surface area contributed by atoms with Gasteiger partial charge in [-0.05, 0) is 5.56 Å². The first kappa shape index (κ1) is 10.1. The molecule has 0 saturated heterocycles. The van der Waals surface area contributed by atoms with Crippen LogP contribution in [0.3, 0.4) is 0 Å². The number of alkyl halides is 1. The van der Waals surface area contributed by atoms with Gasteiger partial charge in [-0.15, -0.1) is 0 Å². The van der Waals surface area contributed by atoms with Crippen LogP contribution in [0.15, 0.2) is 24.3 Å². The Hall–Kier alpha value is -0.940. The first-order chi connectivity index (χ1) is 6.15. The maximum Gasteiger partial charge on any atom is 0.269 e. The molecule has 1 unspecified atom stereocenters. The molecule has 0 aliphatic carbocycles. The third-order valence-corrected chi connectivity index (χ3v) is 2.45. The van der Waals surface area contributed by atoms with Crippen LogP contribution in [-0.4, -0.2) is 12.0 Å². The Labute approximate surface area is 83.8 Å². The zero-order valence-electron chi connectivity index (χ0n) is 6.94. The second kappa shape index (κ2) is 4.34. The number of nitro groups is 1. The first-order valence-electron chi connectivity index (χ1n) is 3.56. The highest BCUT2D eigenvalue weighted by Gasteiger charge is 2.10. The van der Waals surface area contributed by atoms with Crippen molar-refractivity contribution in [2.24, 2.45) is 0 Å². The molecule has 0 aromatic heterocycles. The Kier molecular flexibility index (Phi) is 3.39. The SMILES string of the molecule is COC(Br)c1cccc([N+](=O)[O-])c1.